The molecule has 2 heterocycles. The van der Waals surface area contributed by atoms with Crippen LogP contribution >= 0.6 is 11.6 Å². The van der Waals surface area contributed by atoms with E-state index < -0.39 is 47.2 Å². The van der Waals surface area contributed by atoms with Crippen LogP contribution in [0.5, 0.6) is 5.75 Å². The maximum absolute atomic E-state index is 14.2. The van der Waals surface area contributed by atoms with Crippen molar-refractivity contribution in [1.82, 2.24) is 14.8 Å². The first-order valence-corrected chi connectivity index (χ1v) is 12.6. The van der Waals surface area contributed by atoms with Gasteiger partial charge in [-0.3, -0.25) is 19.0 Å². The summed E-state index contributed by atoms with van der Waals surface area (Å²) in [5.41, 5.74) is 4.45. The van der Waals surface area contributed by atoms with E-state index in [0.29, 0.717) is 6.42 Å². The van der Waals surface area contributed by atoms with E-state index in [2.05, 4.69) is 15.5 Å². The number of anilines is 1. The summed E-state index contributed by atoms with van der Waals surface area (Å²) in [5, 5.41) is 9.26. The molecule has 2 aromatic carbocycles. The summed E-state index contributed by atoms with van der Waals surface area (Å²) >= 11 is 6.17. The van der Waals surface area contributed by atoms with Crippen LogP contribution in [0.2, 0.25) is 5.02 Å². The van der Waals surface area contributed by atoms with Gasteiger partial charge >= 0.3 is 12.1 Å². The molecule has 0 saturated carbocycles. The first-order valence-electron chi connectivity index (χ1n) is 12.2. The minimum Gasteiger partial charge on any atom is -0.495 e. The van der Waals surface area contributed by atoms with Gasteiger partial charge in [-0.1, -0.05) is 24.9 Å². The molecule has 3 N–H and O–H groups in total. The lowest BCUT2D eigenvalue weighted by molar-refractivity contribution is -0.157. The molecular weight excluding hydrogens is 586 g/mol. The predicted octanol–water partition coefficient (Wildman–Crippen LogP) is 5.46. The van der Waals surface area contributed by atoms with Crippen LogP contribution in [0.25, 0.3) is 22.6 Å². The predicted molar refractivity (Wildman–Crippen MR) is 143 cm³/mol. The topological polar surface area (TPSA) is 142 Å². The molecule has 2 amide bonds. The standard InChI is InChI=1S/C27H22ClF4N5O5/c1-3-4-20(24(40)34-14-6-8-16(23(33)39)19(29)10-14)37-12-21(41-2)18(11-22(37)38)17-9-13(28)5-7-15(17)25-35-36-26(42-25)27(30,31)32/h5-12,20H,3-4H2,1-2H3,(H2,33,39)(H,34,40). The minimum atomic E-state index is -4.87. The molecular formula is C27H22ClF4N5O5. The number of halogens is 5. The van der Waals surface area contributed by atoms with Crippen molar-refractivity contribution in [2.45, 2.75) is 32.0 Å². The van der Waals surface area contributed by atoms with Crippen LogP contribution in [-0.2, 0) is 11.0 Å². The van der Waals surface area contributed by atoms with Crippen molar-refractivity contribution in [3.8, 4) is 28.3 Å². The van der Waals surface area contributed by atoms with E-state index in [1.807, 2.05) is 0 Å². The number of primary amides is 1. The summed E-state index contributed by atoms with van der Waals surface area (Å²) in [5.74, 6) is -4.53. The fraction of sp³-hybridized carbons (Fsp3) is 0.222. The van der Waals surface area contributed by atoms with Crippen LogP contribution in [0.4, 0.5) is 23.2 Å². The monoisotopic (exact) mass is 607 g/mol. The van der Waals surface area contributed by atoms with Gasteiger partial charge < -0.3 is 20.2 Å². The van der Waals surface area contributed by atoms with Crippen LogP contribution in [0.3, 0.4) is 0 Å². The van der Waals surface area contributed by atoms with E-state index in [1.54, 1.807) is 6.92 Å². The van der Waals surface area contributed by atoms with Gasteiger partial charge in [-0.05, 0) is 48.4 Å². The van der Waals surface area contributed by atoms with Crippen LogP contribution in [0.15, 0.2) is 57.9 Å². The van der Waals surface area contributed by atoms with Crippen molar-refractivity contribution in [3.63, 3.8) is 0 Å². The number of pyridine rings is 1. The Morgan fingerprint density at radius 1 is 1.12 bits per heavy atom. The molecule has 0 saturated heterocycles. The number of hydrogen-bond acceptors (Lipinski definition) is 7. The smallest absolute Gasteiger partial charge is 0.470 e. The van der Waals surface area contributed by atoms with Gasteiger partial charge in [0.05, 0.1) is 18.9 Å². The number of amides is 2. The Morgan fingerprint density at radius 2 is 1.86 bits per heavy atom. The summed E-state index contributed by atoms with van der Waals surface area (Å²) in [7, 11) is 1.30. The number of rotatable bonds is 9. The second-order valence-corrected chi connectivity index (χ2v) is 9.39. The number of nitrogens with one attached hydrogen (secondary N) is 1. The van der Waals surface area contributed by atoms with Crippen molar-refractivity contribution in [2.75, 3.05) is 12.4 Å². The Labute approximate surface area is 240 Å². The number of carbonyl (C=O) groups is 2. The molecule has 220 valence electrons. The molecule has 2 aromatic heterocycles. The SMILES string of the molecule is CCCC(C(=O)Nc1ccc(C(N)=O)c(F)c1)n1cc(OC)c(-c2cc(Cl)ccc2-c2nnc(C(F)(F)F)o2)cc1=O. The van der Waals surface area contributed by atoms with Crippen LogP contribution in [0, 0.1) is 5.82 Å². The fourth-order valence-electron chi connectivity index (χ4n) is 4.21. The lowest BCUT2D eigenvalue weighted by Crippen LogP contribution is -2.33. The lowest BCUT2D eigenvalue weighted by atomic mass is 9.99. The number of carbonyl (C=O) groups excluding carboxylic acids is 2. The Bertz CT molecular complexity index is 1720. The van der Waals surface area contributed by atoms with E-state index >= 15 is 0 Å². The summed E-state index contributed by atoms with van der Waals surface area (Å²) in [6.45, 7) is 1.79. The molecule has 1 atom stereocenters. The second kappa shape index (κ2) is 12.0. The number of aromatic nitrogens is 3. The average molecular weight is 608 g/mol. The first kappa shape index (κ1) is 30.2. The molecule has 0 aliphatic heterocycles. The first-order chi connectivity index (χ1) is 19.8. The van der Waals surface area contributed by atoms with Crippen molar-refractivity contribution in [2.24, 2.45) is 5.73 Å². The third-order valence-electron chi connectivity index (χ3n) is 6.14. The van der Waals surface area contributed by atoms with Crippen LogP contribution in [-0.4, -0.2) is 33.7 Å². The Morgan fingerprint density at radius 3 is 2.45 bits per heavy atom. The zero-order chi connectivity index (χ0) is 30.8. The number of ether oxygens (including phenoxy) is 1. The van der Waals surface area contributed by atoms with E-state index in [-0.39, 0.29) is 45.1 Å². The number of methoxy groups -OCH3 is 1. The number of nitrogens with zero attached hydrogens (tertiary/aromatic N) is 3. The fourth-order valence-corrected chi connectivity index (χ4v) is 4.38. The van der Waals surface area contributed by atoms with Gasteiger partial charge in [-0.2, -0.15) is 13.2 Å². The molecule has 0 aliphatic rings. The van der Waals surface area contributed by atoms with E-state index in [4.69, 9.17) is 26.5 Å². The van der Waals surface area contributed by atoms with Gasteiger partial charge in [0.2, 0.25) is 11.8 Å². The molecule has 4 rings (SSSR count). The number of hydrogen-bond donors (Lipinski definition) is 2. The quantitative estimate of drug-likeness (QED) is 0.240. The average Bonchev–Trinajstić information content (AvgIpc) is 3.42. The maximum atomic E-state index is 14.2. The molecule has 0 bridgehead atoms. The van der Waals surface area contributed by atoms with Gasteiger partial charge in [0, 0.05) is 27.9 Å². The zero-order valence-electron chi connectivity index (χ0n) is 22.0. The van der Waals surface area contributed by atoms with Gasteiger partial charge in [0.1, 0.15) is 17.6 Å². The number of alkyl halides is 3. The molecule has 0 fully saturated rings. The molecule has 0 aliphatic carbocycles. The highest BCUT2D eigenvalue weighted by atomic mass is 35.5. The zero-order valence-corrected chi connectivity index (χ0v) is 22.7. The summed E-state index contributed by atoms with van der Waals surface area (Å²) < 4.78 is 64.9. The number of nitrogens with two attached hydrogens (primary N) is 1. The summed E-state index contributed by atoms with van der Waals surface area (Å²) in [6, 6.07) is 7.53. The Balaban J connectivity index is 1.76. The van der Waals surface area contributed by atoms with Crippen LogP contribution < -0.4 is 21.3 Å². The van der Waals surface area contributed by atoms with Crippen molar-refractivity contribution >= 4 is 29.1 Å². The lowest BCUT2D eigenvalue weighted by Gasteiger charge is -2.21. The molecule has 42 heavy (non-hydrogen) atoms. The largest absolute Gasteiger partial charge is 0.495 e. The maximum Gasteiger partial charge on any atom is 0.470 e. The third kappa shape index (κ3) is 6.28. The highest BCUT2D eigenvalue weighted by Gasteiger charge is 2.38. The van der Waals surface area contributed by atoms with E-state index in [0.717, 1.165) is 22.8 Å². The van der Waals surface area contributed by atoms with Crippen molar-refractivity contribution < 1.29 is 36.3 Å². The Hall–Kier alpha value is -4.72. The normalized spacial score (nSPS) is 12.2. The second-order valence-electron chi connectivity index (χ2n) is 8.95. The van der Waals surface area contributed by atoms with Gasteiger partial charge in [-0.25, -0.2) is 4.39 Å². The molecule has 10 nitrogen and oxygen atoms in total. The van der Waals surface area contributed by atoms with Crippen molar-refractivity contribution in [1.29, 1.82) is 0 Å². The van der Waals surface area contributed by atoms with Crippen LogP contribution in [0.1, 0.15) is 42.1 Å². The highest BCUT2D eigenvalue weighted by molar-refractivity contribution is 6.31. The molecule has 4 aromatic rings. The van der Waals surface area contributed by atoms with Gasteiger partial charge in [0.15, 0.2) is 0 Å². The van der Waals surface area contributed by atoms with Gasteiger partial charge in [0.25, 0.3) is 11.5 Å². The molecule has 0 radical (unpaired) electrons. The Kier molecular flexibility index (Phi) is 8.66. The van der Waals surface area contributed by atoms with Crippen molar-refractivity contribution in [3.05, 3.63) is 81.3 Å². The molecule has 15 heteroatoms. The third-order valence-corrected chi connectivity index (χ3v) is 6.37. The number of benzene rings is 2. The highest BCUT2D eigenvalue weighted by Crippen LogP contribution is 2.39. The van der Waals surface area contributed by atoms with E-state index in [1.165, 1.54) is 37.6 Å². The minimum absolute atomic E-state index is 0.0292. The van der Waals surface area contributed by atoms with E-state index in [9.17, 15) is 31.9 Å². The van der Waals surface area contributed by atoms with Gasteiger partial charge in [-0.15, -0.1) is 10.2 Å². The summed E-state index contributed by atoms with van der Waals surface area (Å²) in [6.07, 6.45) is -2.93. The summed E-state index contributed by atoms with van der Waals surface area (Å²) in [4.78, 5) is 37.9. The molecule has 0 spiro atoms. The molecule has 1 unspecified atom stereocenters.